The third-order valence-electron chi connectivity index (χ3n) is 7.27. The Balaban J connectivity index is 2.01. The van der Waals surface area contributed by atoms with E-state index in [1.165, 1.54) is 32.1 Å². The molecule has 1 N–H and O–H groups in total. The lowest BCUT2D eigenvalue weighted by molar-refractivity contribution is -0.0431. The Morgan fingerprint density at radius 3 is 2.37 bits per heavy atom. The molecule has 3 saturated carbocycles. The normalized spacial score (nSPS) is 49.4. The van der Waals surface area contributed by atoms with Crippen LogP contribution in [0.4, 0.5) is 0 Å². The van der Waals surface area contributed by atoms with Gasteiger partial charge in [0.2, 0.25) is 0 Å². The third kappa shape index (κ3) is 1.76. The van der Waals surface area contributed by atoms with Crippen molar-refractivity contribution in [2.24, 2.45) is 40.4 Å². The molecule has 0 aromatic heterocycles. The lowest BCUT2D eigenvalue weighted by Gasteiger charge is -2.45. The molecule has 110 valence electrons. The lowest BCUT2D eigenvalue weighted by Crippen LogP contribution is -2.43. The summed E-state index contributed by atoms with van der Waals surface area (Å²) in [5.74, 6) is 3.53. The summed E-state index contributed by atoms with van der Waals surface area (Å²) in [6, 6.07) is 0. The van der Waals surface area contributed by atoms with E-state index in [4.69, 9.17) is 0 Å². The summed E-state index contributed by atoms with van der Waals surface area (Å²) >= 11 is 0. The van der Waals surface area contributed by atoms with Gasteiger partial charge in [0.15, 0.2) is 0 Å². The van der Waals surface area contributed by atoms with Crippen molar-refractivity contribution in [3.05, 3.63) is 0 Å². The number of aliphatic hydroxyl groups is 1. The molecule has 1 heteroatoms. The van der Waals surface area contributed by atoms with Crippen molar-refractivity contribution < 1.29 is 5.11 Å². The van der Waals surface area contributed by atoms with Gasteiger partial charge in [0.1, 0.15) is 0 Å². The average molecular weight is 264 g/mol. The van der Waals surface area contributed by atoms with Gasteiger partial charge in [-0.25, -0.2) is 0 Å². The summed E-state index contributed by atoms with van der Waals surface area (Å²) < 4.78 is 0. The Hall–Kier alpha value is -0.0400. The Kier molecular flexibility index (Phi) is 3.10. The smallest absolute Gasteiger partial charge is 0.0599 e. The van der Waals surface area contributed by atoms with E-state index < -0.39 is 0 Å². The first-order chi connectivity index (χ1) is 8.79. The molecule has 4 bridgehead atoms. The van der Waals surface area contributed by atoms with E-state index in [1.54, 1.807) is 0 Å². The van der Waals surface area contributed by atoms with Crippen LogP contribution in [-0.2, 0) is 0 Å². The van der Waals surface area contributed by atoms with Gasteiger partial charge in [-0.2, -0.15) is 0 Å². The van der Waals surface area contributed by atoms with Crippen LogP contribution in [0, 0.1) is 40.4 Å². The molecule has 0 saturated heterocycles. The average Bonchev–Trinajstić information content (AvgIpc) is 2.79. The molecule has 19 heavy (non-hydrogen) atoms. The molecule has 3 rings (SSSR count). The van der Waals surface area contributed by atoms with Crippen LogP contribution >= 0.6 is 0 Å². The molecule has 6 atom stereocenters. The van der Waals surface area contributed by atoms with Gasteiger partial charge in [-0.15, -0.1) is 0 Å². The quantitative estimate of drug-likeness (QED) is 0.779. The molecule has 0 amide bonds. The van der Waals surface area contributed by atoms with Gasteiger partial charge >= 0.3 is 0 Å². The van der Waals surface area contributed by atoms with Crippen LogP contribution in [0.1, 0.15) is 66.7 Å². The summed E-state index contributed by atoms with van der Waals surface area (Å²) in [6.07, 6.45) is 6.83. The van der Waals surface area contributed by atoms with Crippen molar-refractivity contribution in [2.75, 3.05) is 0 Å². The minimum atomic E-state index is -0.0864. The molecule has 1 nitrogen and oxygen atoms in total. The van der Waals surface area contributed by atoms with Crippen molar-refractivity contribution in [2.45, 2.75) is 72.8 Å². The zero-order valence-corrected chi connectivity index (χ0v) is 13.4. The van der Waals surface area contributed by atoms with Gasteiger partial charge < -0.3 is 5.11 Å². The van der Waals surface area contributed by atoms with E-state index in [2.05, 4.69) is 34.6 Å². The monoisotopic (exact) mass is 264 g/mol. The van der Waals surface area contributed by atoms with Crippen molar-refractivity contribution >= 4 is 0 Å². The summed E-state index contributed by atoms with van der Waals surface area (Å²) in [4.78, 5) is 0. The predicted molar refractivity (Wildman–Crippen MR) is 79.8 cm³/mol. The van der Waals surface area contributed by atoms with Crippen LogP contribution in [0.15, 0.2) is 0 Å². The molecule has 0 aliphatic heterocycles. The highest BCUT2D eigenvalue weighted by atomic mass is 16.3. The van der Waals surface area contributed by atoms with E-state index >= 15 is 0 Å². The van der Waals surface area contributed by atoms with Crippen molar-refractivity contribution in [3.63, 3.8) is 0 Å². The second-order valence-corrected chi connectivity index (χ2v) is 8.98. The zero-order chi connectivity index (χ0) is 14.0. The van der Waals surface area contributed by atoms with Crippen LogP contribution < -0.4 is 0 Å². The van der Waals surface area contributed by atoms with Crippen LogP contribution in [-0.4, -0.2) is 11.2 Å². The fourth-order valence-electron chi connectivity index (χ4n) is 6.53. The SMILES string of the molecule is CC(C)[C@H](O)[C@H]1[C@H]2CC[C@@H]3[C@@H]2C(C)(C)CCC[C@]13C. The van der Waals surface area contributed by atoms with Gasteiger partial charge in [-0.1, -0.05) is 41.0 Å². The maximum absolute atomic E-state index is 10.8. The standard InChI is InChI=1S/C18H32O/c1-11(2)16(19)15-12-7-8-13-14(12)17(3,4)9-6-10-18(13,15)5/h11-16,19H,6-10H2,1-5H3/t12-,13+,14+,15+,16-,18-/m0/s1. The van der Waals surface area contributed by atoms with E-state index in [-0.39, 0.29) is 6.10 Å². The minimum absolute atomic E-state index is 0.0864. The van der Waals surface area contributed by atoms with Crippen molar-refractivity contribution in [1.29, 1.82) is 0 Å². The molecule has 3 aliphatic carbocycles. The molecule has 0 spiro atoms. The summed E-state index contributed by atoms with van der Waals surface area (Å²) in [5, 5.41) is 10.8. The summed E-state index contributed by atoms with van der Waals surface area (Å²) in [7, 11) is 0. The Morgan fingerprint density at radius 1 is 1.05 bits per heavy atom. The molecule has 0 heterocycles. The number of hydrogen-bond acceptors (Lipinski definition) is 1. The highest BCUT2D eigenvalue weighted by molar-refractivity contribution is 5.14. The Labute approximate surface area is 119 Å². The van der Waals surface area contributed by atoms with Crippen LogP contribution in [0.3, 0.4) is 0 Å². The third-order valence-corrected chi connectivity index (χ3v) is 7.27. The van der Waals surface area contributed by atoms with E-state index in [9.17, 15) is 5.11 Å². The largest absolute Gasteiger partial charge is 0.393 e. The first-order valence-corrected chi connectivity index (χ1v) is 8.47. The summed E-state index contributed by atoms with van der Waals surface area (Å²) in [6.45, 7) is 11.9. The minimum Gasteiger partial charge on any atom is -0.393 e. The molecular weight excluding hydrogens is 232 g/mol. The first kappa shape index (κ1) is 13.9. The Bertz CT molecular complexity index is 359. The van der Waals surface area contributed by atoms with Gasteiger partial charge in [0.05, 0.1) is 6.10 Å². The summed E-state index contributed by atoms with van der Waals surface area (Å²) in [5.41, 5.74) is 0.917. The van der Waals surface area contributed by atoms with Gasteiger partial charge in [0, 0.05) is 0 Å². The fraction of sp³-hybridized carbons (Fsp3) is 1.00. The molecule has 3 fully saturated rings. The topological polar surface area (TPSA) is 20.2 Å². The van der Waals surface area contributed by atoms with Crippen molar-refractivity contribution in [1.82, 2.24) is 0 Å². The number of hydrogen-bond donors (Lipinski definition) is 1. The molecular formula is C18H32O. The maximum atomic E-state index is 10.8. The molecule has 3 aliphatic rings. The maximum Gasteiger partial charge on any atom is 0.0599 e. The highest BCUT2D eigenvalue weighted by Crippen LogP contribution is 2.71. The molecule has 0 radical (unpaired) electrons. The van der Waals surface area contributed by atoms with Crippen LogP contribution in [0.25, 0.3) is 0 Å². The lowest BCUT2D eigenvalue weighted by atomic mass is 9.61. The fourth-order valence-corrected chi connectivity index (χ4v) is 6.53. The van der Waals surface area contributed by atoms with E-state index in [0.29, 0.717) is 22.7 Å². The molecule has 0 aromatic carbocycles. The van der Waals surface area contributed by atoms with Gasteiger partial charge in [-0.3, -0.25) is 0 Å². The van der Waals surface area contributed by atoms with E-state index in [1.807, 2.05) is 0 Å². The molecule has 0 unspecified atom stereocenters. The van der Waals surface area contributed by atoms with E-state index in [0.717, 1.165) is 17.8 Å². The highest BCUT2D eigenvalue weighted by Gasteiger charge is 2.66. The van der Waals surface area contributed by atoms with Crippen molar-refractivity contribution in [3.8, 4) is 0 Å². The zero-order valence-electron chi connectivity index (χ0n) is 13.4. The van der Waals surface area contributed by atoms with Crippen LogP contribution in [0.2, 0.25) is 0 Å². The number of rotatable bonds is 2. The van der Waals surface area contributed by atoms with Gasteiger partial charge in [-0.05, 0) is 66.1 Å². The van der Waals surface area contributed by atoms with Gasteiger partial charge in [0.25, 0.3) is 0 Å². The number of aliphatic hydroxyl groups excluding tert-OH is 1. The Morgan fingerprint density at radius 2 is 1.74 bits per heavy atom. The predicted octanol–water partition coefficient (Wildman–Crippen LogP) is 4.49. The second kappa shape index (κ2) is 4.23. The molecule has 0 aromatic rings. The van der Waals surface area contributed by atoms with Crippen LogP contribution in [0.5, 0.6) is 0 Å². The first-order valence-electron chi connectivity index (χ1n) is 8.47. The second-order valence-electron chi connectivity index (χ2n) is 8.98.